The fourth-order valence-corrected chi connectivity index (χ4v) is 2.40. The lowest BCUT2D eigenvalue weighted by atomic mass is 10.3. The van der Waals surface area contributed by atoms with Crippen molar-refractivity contribution in [1.29, 1.82) is 0 Å². The van der Waals surface area contributed by atoms with Gasteiger partial charge >= 0.3 is 5.97 Å². The first kappa shape index (κ1) is 15.0. The third kappa shape index (κ3) is 6.52. The third-order valence-electron chi connectivity index (χ3n) is 1.85. The molecule has 6 nitrogen and oxygen atoms in total. The smallest absolute Gasteiger partial charge is 0.327 e. The second-order valence-electron chi connectivity index (χ2n) is 3.41. The highest BCUT2D eigenvalue weighted by molar-refractivity contribution is 7.85. The molecule has 0 aromatic carbocycles. The van der Waals surface area contributed by atoms with Gasteiger partial charge in [0, 0.05) is 30.6 Å². The highest BCUT2D eigenvalue weighted by Crippen LogP contribution is 1.97. The van der Waals surface area contributed by atoms with E-state index in [-0.39, 0.29) is 17.6 Å². The summed E-state index contributed by atoms with van der Waals surface area (Å²) in [5, 5.41) is 11.0. The molecular weight excluding hydrogens is 234 g/mol. The number of carboxylic acids is 1. The Balaban J connectivity index is 4.24. The number of rotatable bonds is 7. The van der Waals surface area contributed by atoms with Crippen LogP contribution >= 0.6 is 0 Å². The second-order valence-corrected chi connectivity index (χ2v) is 4.96. The van der Waals surface area contributed by atoms with Gasteiger partial charge in [-0.05, 0) is 6.92 Å². The average Bonchev–Trinajstić information content (AvgIpc) is 2.15. The van der Waals surface area contributed by atoms with Gasteiger partial charge in [-0.25, -0.2) is 4.79 Å². The Hall–Kier alpha value is -0.950. The fraction of sp³-hybridized carbons (Fsp3) is 0.778. The molecule has 0 aromatic rings. The highest BCUT2D eigenvalue weighted by atomic mass is 32.2. The number of amides is 1. The molecule has 0 aliphatic heterocycles. The van der Waals surface area contributed by atoms with Crippen LogP contribution in [0.4, 0.5) is 0 Å². The summed E-state index contributed by atoms with van der Waals surface area (Å²) in [4.78, 5) is 21.5. The minimum atomic E-state index is -1.34. The van der Waals surface area contributed by atoms with Crippen molar-refractivity contribution < 1.29 is 23.6 Å². The van der Waals surface area contributed by atoms with Crippen LogP contribution in [-0.4, -0.2) is 52.0 Å². The molecule has 2 N–H and O–H groups in total. The Labute approximate surface area is 96.8 Å². The molecule has 0 spiro atoms. The van der Waals surface area contributed by atoms with Gasteiger partial charge in [-0.3, -0.25) is 9.00 Å². The zero-order valence-corrected chi connectivity index (χ0v) is 10.4. The quantitative estimate of drug-likeness (QED) is 0.628. The first-order valence-corrected chi connectivity index (χ1v) is 6.23. The Morgan fingerprint density at radius 3 is 2.38 bits per heavy atom. The van der Waals surface area contributed by atoms with E-state index in [9.17, 15) is 13.8 Å². The van der Waals surface area contributed by atoms with Crippen LogP contribution in [0.1, 0.15) is 13.8 Å². The van der Waals surface area contributed by atoms with E-state index in [1.54, 1.807) is 6.92 Å². The van der Waals surface area contributed by atoms with Crippen LogP contribution in [0.2, 0.25) is 0 Å². The number of carbonyl (C=O) groups is 2. The minimum absolute atomic E-state index is 0.109. The number of carboxylic acid groups (broad SMARTS) is 1. The van der Waals surface area contributed by atoms with Crippen molar-refractivity contribution in [1.82, 2.24) is 5.32 Å². The lowest BCUT2D eigenvalue weighted by Crippen LogP contribution is -2.44. The van der Waals surface area contributed by atoms with Crippen molar-refractivity contribution in [3.8, 4) is 0 Å². The first-order chi connectivity index (χ1) is 7.36. The zero-order valence-electron chi connectivity index (χ0n) is 9.56. The number of hydrogen-bond acceptors (Lipinski definition) is 4. The summed E-state index contributed by atoms with van der Waals surface area (Å²) in [6.07, 6.45) is -0.201. The maximum absolute atomic E-state index is 11.5. The topological polar surface area (TPSA) is 92.7 Å². The van der Waals surface area contributed by atoms with E-state index >= 15 is 0 Å². The average molecular weight is 251 g/mol. The summed E-state index contributed by atoms with van der Waals surface area (Å²) in [6, 6.07) is -1.11. The summed E-state index contributed by atoms with van der Waals surface area (Å²) >= 11 is 0. The monoisotopic (exact) mass is 251 g/mol. The maximum atomic E-state index is 11.5. The number of carbonyl (C=O) groups excluding carboxylic acids is 1. The molecule has 7 heteroatoms. The van der Waals surface area contributed by atoms with Gasteiger partial charge in [0.1, 0.15) is 6.04 Å². The maximum Gasteiger partial charge on any atom is 0.327 e. The first-order valence-electron chi connectivity index (χ1n) is 4.74. The standard InChI is InChI=1S/C9H17NO5S/c1-6(15-3)4-16(14)5-8(9(12)13)10-7(2)11/h6,8H,4-5H2,1-3H3,(H,10,11)(H,12,13)/t6?,8-,16?/m0/s1. The Morgan fingerprint density at radius 1 is 1.44 bits per heavy atom. The zero-order chi connectivity index (χ0) is 12.7. The summed E-state index contributed by atoms with van der Waals surface area (Å²) in [5.74, 6) is -1.50. The van der Waals surface area contributed by atoms with Crippen molar-refractivity contribution in [2.75, 3.05) is 18.6 Å². The van der Waals surface area contributed by atoms with E-state index in [0.717, 1.165) is 0 Å². The molecule has 0 rings (SSSR count). The van der Waals surface area contributed by atoms with Gasteiger partial charge < -0.3 is 15.2 Å². The van der Waals surface area contributed by atoms with E-state index in [1.807, 2.05) is 0 Å². The fourth-order valence-electron chi connectivity index (χ4n) is 1.00. The molecule has 0 aliphatic rings. The molecule has 0 aromatic heterocycles. The Kier molecular flexibility index (Phi) is 6.91. The summed E-state index contributed by atoms with van der Waals surface area (Å²) in [5.41, 5.74) is 0. The Morgan fingerprint density at radius 2 is 2.00 bits per heavy atom. The van der Waals surface area contributed by atoms with Crippen LogP contribution in [0, 0.1) is 0 Å². The van der Waals surface area contributed by atoms with Gasteiger partial charge in [-0.1, -0.05) is 0 Å². The molecule has 0 fully saturated rings. The van der Waals surface area contributed by atoms with Crippen molar-refractivity contribution in [3.05, 3.63) is 0 Å². The molecule has 0 radical (unpaired) electrons. The van der Waals surface area contributed by atoms with Gasteiger partial charge in [0.25, 0.3) is 0 Å². The van der Waals surface area contributed by atoms with Crippen LogP contribution in [-0.2, 0) is 25.1 Å². The second kappa shape index (κ2) is 7.34. The van der Waals surface area contributed by atoms with E-state index in [1.165, 1.54) is 14.0 Å². The van der Waals surface area contributed by atoms with Gasteiger partial charge in [0.15, 0.2) is 0 Å². The normalized spacial score (nSPS) is 16.2. The van der Waals surface area contributed by atoms with Crippen molar-refractivity contribution in [2.45, 2.75) is 26.0 Å². The molecular formula is C9H17NO5S. The van der Waals surface area contributed by atoms with Crippen molar-refractivity contribution in [2.24, 2.45) is 0 Å². The van der Waals surface area contributed by atoms with E-state index in [0.29, 0.717) is 0 Å². The number of hydrogen-bond donors (Lipinski definition) is 2. The van der Waals surface area contributed by atoms with Crippen molar-refractivity contribution in [3.63, 3.8) is 0 Å². The SMILES string of the molecule is COC(C)CS(=O)C[C@H](NC(C)=O)C(=O)O. The molecule has 1 amide bonds. The number of ether oxygens (including phenoxy) is 1. The summed E-state index contributed by atoms with van der Waals surface area (Å²) in [7, 11) is 0.153. The minimum Gasteiger partial charge on any atom is -0.480 e. The largest absolute Gasteiger partial charge is 0.480 e. The predicted octanol–water partition coefficient (Wildman–Crippen LogP) is -0.641. The molecule has 0 saturated carbocycles. The van der Waals surface area contributed by atoms with Crippen molar-refractivity contribution >= 4 is 22.7 Å². The van der Waals surface area contributed by atoms with Crippen LogP contribution in [0.15, 0.2) is 0 Å². The summed E-state index contributed by atoms with van der Waals surface area (Å²) in [6.45, 7) is 2.96. The lowest BCUT2D eigenvalue weighted by molar-refractivity contribution is -0.140. The van der Waals surface area contributed by atoms with E-state index < -0.39 is 28.7 Å². The molecule has 0 aliphatic carbocycles. The molecule has 3 atom stereocenters. The summed E-state index contributed by atoms with van der Waals surface area (Å²) < 4.78 is 16.4. The molecule has 0 saturated heterocycles. The molecule has 2 unspecified atom stereocenters. The van der Waals surface area contributed by atoms with Crippen LogP contribution in [0.25, 0.3) is 0 Å². The highest BCUT2D eigenvalue weighted by Gasteiger charge is 2.21. The van der Waals surface area contributed by atoms with Crippen LogP contribution in [0.3, 0.4) is 0 Å². The number of aliphatic carboxylic acids is 1. The van der Waals surface area contributed by atoms with Gasteiger partial charge in [0.05, 0.1) is 11.9 Å². The molecule has 94 valence electrons. The van der Waals surface area contributed by atoms with Gasteiger partial charge in [0.2, 0.25) is 5.91 Å². The van der Waals surface area contributed by atoms with Gasteiger partial charge in [-0.15, -0.1) is 0 Å². The number of nitrogens with one attached hydrogen (secondary N) is 1. The predicted molar refractivity (Wildman–Crippen MR) is 59.6 cm³/mol. The molecule has 16 heavy (non-hydrogen) atoms. The van der Waals surface area contributed by atoms with E-state index in [2.05, 4.69) is 5.32 Å². The molecule has 0 bridgehead atoms. The molecule has 0 heterocycles. The van der Waals surface area contributed by atoms with Crippen LogP contribution < -0.4 is 5.32 Å². The Bertz CT molecular complexity index is 281. The van der Waals surface area contributed by atoms with Gasteiger partial charge in [-0.2, -0.15) is 0 Å². The lowest BCUT2D eigenvalue weighted by Gasteiger charge is -2.14. The van der Waals surface area contributed by atoms with E-state index in [4.69, 9.17) is 9.84 Å². The third-order valence-corrected chi connectivity index (χ3v) is 3.40. The van der Waals surface area contributed by atoms with Crippen LogP contribution in [0.5, 0.6) is 0 Å². The number of methoxy groups -OCH3 is 1.